The van der Waals surface area contributed by atoms with Crippen molar-refractivity contribution in [2.45, 2.75) is 51.7 Å². The number of guanidine groups is 1. The SMILES string of the molecule is CCNC(=NCC(O)CN1CCc2ccccc2C1)N1CC2CCCCC2C1.I. The normalized spacial score (nSPS) is 25.7. The molecule has 0 bridgehead atoms. The average Bonchev–Trinajstić information content (AvgIpc) is 3.15. The molecule has 4 rings (SSSR count). The van der Waals surface area contributed by atoms with E-state index in [0.29, 0.717) is 13.1 Å². The highest BCUT2D eigenvalue weighted by Crippen LogP contribution is 2.35. The summed E-state index contributed by atoms with van der Waals surface area (Å²) in [5, 5.41) is 14.1. The molecule has 3 aliphatic rings. The van der Waals surface area contributed by atoms with Gasteiger partial charge in [0.1, 0.15) is 0 Å². The number of aliphatic hydroxyl groups is 1. The van der Waals surface area contributed by atoms with Crippen molar-refractivity contribution >= 4 is 29.9 Å². The summed E-state index contributed by atoms with van der Waals surface area (Å²) in [7, 11) is 0. The molecule has 2 heterocycles. The highest BCUT2D eigenvalue weighted by molar-refractivity contribution is 14.0. The van der Waals surface area contributed by atoms with Crippen LogP contribution in [0.2, 0.25) is 0 Å². The van der Waals surface area contributed by atoms with Gasteiger partial charge in [-0.2, -0.15) is 0 Å². The average molecular weight is 512 g/mol. The van der Waals surface area contributed by atoms with E-state index < -0.39 is 6.10 Å². The summed E-state index contributed by atoms with van der Waals surface area (Å²) in [4.78, 5) is 9.62. The van der Waals surface area contributed by atoms with Crippen LogP contribution in [-0.2, 0) is 13.0 Å². The van der Waals surface area contributed by atoms with E-state index in [-0.39, 0.29) is 24.0 Å². The first-order valence-corrected chi connectivity index (χ1v) is 11.2. The number of fused-ring (bicyclic) bond motifs is 2. The monoisotopic (exact) mass is 512 g/mol. The van der Waals surface area contributed by atoms with E-state index in [4.69, 9.17) is 4.99 Å². The summed E-state index contributed by atoms with van der Waals surface area (Å²) in [6, 6.07) is 8.67. The molecule has 162 valence electrons. The first kappa shape index (κ1) is 22.8. The maximum atomic E-state index is 10.6. The first-order chi connectivity index (χ1) is 13.7. The molecule has 1 aromatic rings. The van der Waals surface area contributed by atoms with Crippen LogP contribution in [0.5, 0.6) is 0 Å². The van der Waals surface area contributed by atoms with Crippen LogP contribution in [-0.4, -0.2) is 66.2 Å². The van der Waals surface area contributed by atoms with Gasteiger partial charge in [0, 0.05) is 39.3 Å². The number of rotatable bonds is 5. The second-order valence-electron chi connectivity index (χ2n) is 8.81. The number of halogens is 1. The van der Waals surface area contributed by atoms with Gasteiger partial charge in [-0.1, -0.05) is 37.1 Å². The van der Waals surface area contributed by atoms with E-state index in [1.165, 1.54) is 36.8 Å². The van der Waals surface area contributed by atoms with E-state index >= 15 is 0 Å². The lowest BCUT2D eigenvalue weighted by molar-refractivity contribution is 0.111. The van der Waals surface area contributed by atoms with Crippen LogP contribution in [0.15, 0.2) is 29.3 Å². The molecule has 2 fully saturated rings. The predicted molar refractivity (Wildman–Crippen MR) is 130 cm³/mol. The Bertz CT molecular complexity index is 669. The number of β-amino-alcohol motifs (C(OH)–C–C–N with tert-alkyl or cyclic N) is 1. The van der Waals surface area contributed by atoms with Crippen molar-refractivity contribution < 1.29 is 5.11 Å². The van der Waals surface area contributed by atoms with Crippen LogP contribution in [0.25, 0.3) is 0 Å². The van der Waals surface area contributed by atoms with Gasteiger partial charge in [0.2, 0.25) is 0 Å². The maximum Gasteiger partial charge on any atom is 0.194 e. The molecular weight excluding hydrogens is 475 g/mol. The summed E-state index contributed by atoms with van der Waals surface area (Å²) in [5.41, 5.74) is 2.86. The topological polar surface area (TPSA) is 51.1 Å². The molecule has 3 unspecified atom stereocenters. The molecular formula is C23H37IN4O. The zero-order valence-corrected chi connectivity index (χ0v) is 20.1. The molecule has 5 nitrogen and oxygen atoms in total. The smallest absolute Gasteiger partial charge is 0.194 e. The van der Waals surface area contributed by atoms with Crippen molar-refractivity contribution in [2.24, 2.45) is 16.8 Å². The second kappa shape index (κ2) is 11.0. The second-order valence-corrected chi connectivity index (χ2v) is 8.81. The minimum atomic E-state index is -0.413. The molecule has 3 atom stereocenters. The number of nitrogens with one attached hydrogen (secondary N) is 1. The number of aliphatic hydroxyl groups excluding tert-OH is 1. The molecule has 6 heteroatoms. The molecule has 2 N–H and O–H groups in total. The fraction of sp³-hybridized carbons (Fsp3) is 0.696. The zero-order chi connectivity index (χ0) is 19.3. The van der Waals surface area contributed by atoms with Gasteiger partial charge in [-0.15, -0.1) is 24.0 Å². The van der Waals surface area contributed by atoms with Gasteiger partial charge in [-0.3, -0.25) is 9.89 Å². The highest BCUT2D eigenvalue weighted by atomic mass is 127. The Hall–Kier alpha value is -0.860. The Kier molecular flexibility index (Phi) is 8.62. The minimum absolute atomic E-state index is 0. The van der Waals surface area contributed by atoms with Crippen molar-refractivity contribution in [3.63, 3.8) is 0 Å². The summed E-state index contributed by atoms with van der Waals surface area (Å²) < 4.78 is 0. The predicted octanol–water partition coefficient (Wildman–Crippen LogP) is 3.11. The van der Waals surface area contributed by atoms with Crippen LogP contribution in [0, 0.1) is 11.8 Å². The Labute approximate surface area is 193 Å². The molecule has 0 aromatic heterocycles. The highest BCUT2D eigenvalue weighted by Gasteiger charge is 2.35. The number of hydrogen-bond acceptors (Lipinski definition) is 3. The first-order valence-electron chi connectivity index (χ1n) is 11.2. The zero-order valence-electron chi connectivity index (χ0n) is 17.7. The molecule has 0 amide bonds. The van der Waals surface area contributed by atoms with Gasteiger partial charge in [0.25, 0.3) is 0 Å². The van der Waals surface area contributed by atoms with Crippen molar-refractivity contribution in [3.05, 3.63) is 35.4 Å². The van der Waals surface area contributed by atoms with E-state index in [1.54, 1.807) is 0 Å². The molecule has 2 aliphatic heterocycles. The lowest BCUT2D eigenvalue weighted by Crippen LogP contribution is -2.42. The van der Waals surface area contributed by atoms with Crippen LogP contribution >= 0.6 is 24.0 Å². The summed E-state index contributed by atoms with van der Waals surface area (Å²) in [5.74, 6) is 2.69. The van der Waals surface area contributed by atoms with Gasteiger partial charge in [-0.25, -0.2) is 0 Å². The van der Waals surface area contributed by atoms with Crippen molar-refractivity contribution in [2.75, 3.05) is 39.3 Å². The van der Waals surface area contributed by atoms with Crippen molar-refractivity contribution in [3.8, 4) is 0 Å². The third-order valence-electron chi connectivity index (χ3n) is 6.74. The Morgan fingerprint density at radius 1 is 1.17 bits per heavy atom. The van der Waals surface area contributed by atoms with Gasteiger partial charge >= 0.3 is 0 Å². The van der Waals surface area contributed by atoms with Gasteiger partial charge in [-0.05, 0) is 49.1 Å². The van der Waals surface area contributed by atoms with E-state index in [0.717, 1.165) is 56.9 Å². The Morgan fingerprint density at radius 3 is 2.55 bits per heavy atom. The third kappa shape index (κ3) is 5.85. The molecule has 29 heavy (non-hydrogen) atoms. The molecule has 1 saturated carbocycles. The summed E-state index contributed by atoms with van der Waals surface area (Å²) >= 11 is 0. The standard InChI is InChI=1S/C23H36N4O.HI/c1-2-24-23(27-15-20-9-5-6-10-21(20)16-27)25-13-22(28)17-26-12-11-18-7-3-4-8-19(18)14-26;/h3-4,7-8,20-22,28H,2,5-6,9-17H2,1H3,(H,24,25);1H. The Morgan fingerprint density at radius 2 is 1.86 bits per heavy atom. The Balaban J connectivity index is 0.00000240. The number of benzene rings is 1. The van der Waals surface area contributed by atoms with E-state index in [9.17, 15) is 5.11 Å². The molecule has 1 aromatic carbocycles. The lowest BCUT2D eigenvalue weighted by Gasteiger charge is -2.30. The molecule has 1 aliphatic carbocycles. The van der Waals surface area contributed by atoms with Crippen LogP contribution < -0.4 is 5.32 Å². The van der Waals surface area contributed by atoms with Crippen LogP contribution in [0.3, 0.4) is 0 Å². The van der Waals surface area contributed by atoms with Gasteiger partial charge in [0.15, 0.2) is 5.96 Å². The maximum absolute atomic E-state index is 10.6. The summed E-state index contributed by atoms with van der Waals surface area (Å²) in [6.07, 6.45) is 6.19. The quantitative estimate of drug-likeness (QED) is 0.362. The van der Waals surface area contributed by atoms with Crippen LogP contribution in [0.4, 0.5) is 0 Å². The van der Waals surface area contributed by atoms with E-state index in [2.05, 4.69) is 46.3 Å². The van der Waals surface area contributed by atoms with Crippen LogP contribution in [0.1, 0.15) is 43.7 Å². The number of likely N-dealkylation sites (tertiary alicyclic amines) is 1. The van der Waals surface area contributed by atoms with E-state index in [1.807, 2.05) is 0 Å². The van der Waals surface area contributed by atoms with Gasteiger partial charge < -0.3 is 15.3 Å². The largest absolute Gasteiger partial charge is 0.390 e. The number of hydrogen-bond donors (Lipinski definition) is 2. The molecule has 1 saturated heterocycles. The van der Waals surface area contributed by atoms with Gasteiger partial charge in [0.05, 0.1) is 12.6 Å². The van der Waals surface area contributed by atoms with Crippen molar-refractivity contribution in [1.82, 2.24) is 15.1 Å². The lowest BCUT2D eigenvalue weighted by atomic mass is 9.82. The number of aliphatic imine (C=N–C) groups is 1. The summed E-state index contributed by atoms with van der Waals surface area (Å²) in [6.45, 7) is 8.41. The fourth-order valence-electron chi connectivity index (χ4n) is 5.26. The molecule has 0 radical (unpaired) electrons. The number of nitrogens with zero attached hydrogens (tertiary/aromatic N) is 3. The van der Waals surface area contributed by atoms with Crippen molar-refractivity contribution in [1.29, 1.82) is 0 Å². The molecule has 0 spiro atoms. The third-order valence-corrected chi connectivity index (χ3v) is 6.74. The minimum Gasteiger partial charge on any atom is -0.390 e. The fourth-order valence-corrected chi connectivity index (χ4v) is 5.26.